The number of aromatic nitrogens is 1. The van der Waals surface area contributed by atoms with Crippen LogP contribution >= 0.6 is 0 Å². The molecule has 3 aromatic rings. The van der Waals surface area contributed by atoms with Crippen molar-refractivity contribution in [3.8, 4) is 23.1 Å². The first-order valence-corrected chi connectivity index (χ1v) is 13.4. The molecule has 7 heteroatoms. The minimum atomic E-state index is 0. The first kappa shape index (κ1) is 25.3. The molecule has 1 atom stereocenters. The van der Waals surface area contributed by atoms with E-state index in [4.69, 9.17) is 19.0 Å². The molecule has 6 rings (SSSR count). The van der Waals surface area contributed by atoms with Crippen LogP contribution in [0.5, 0.6) is 5.75 Å². The van der Waals surface area contributed by atoms with E-state index in [9.17, 15) is 5.26 Å². The summed E-state index contributed by atoms with van der Waals surface area (Å²) in [5.41, 5.74) is 4.94. The van der Waals surface area contributed by atoms with Gasteiger partial charge in [0.1, 0.15) is 31.9 Å². The third kappa shape index (κ3) is 5.36. The lowest BCUT2D eigenvalue weighted by molar-refractivity contribution is -0.0980. The quantitative estimate of drug-likeness (QED) is 0.337. The summed E-state index contributed by atoms with van der Waals surface area (Å²) in [6.45, 7) is 3.94. The predicted octanol–water partition coefficient (Wildman–Crippen LogP) is 6.46. The van der Waals surface area contributed by atoms with Gasteiger partial charge in [-0.15, -0.1) is 0 Å². The maximum Gasteiger partial charge on any atom is 0.121 e. The fourth-order valence-corrected chi connectivity index (χ4v) is 5.29. The fourth-order valence-electron chi connectivity index (χ4n) is 5.29. The highest BCUT2D eigenvalue weighted by molar-refractivity contribution is 5.95. The van der Waals surface area contributed by atoms with Crippen molar-refractivity contribution in [2.45, 2.75) is 69.6 Å². The maximum absolute atomic E-state index is 10.2. The van der Waals surface area contributed by atoms with E-state index in [0.717, 1.165) is 71.5 Å². The van der Waals surface area contributed by atoms with E-state index in [2.05, 4.69) is 46.3 Å². The summed E-state index contributed by atoms with van der Waals surface area (Å²) in [5, 5.41) is 14.5. The molecule has 1 aromatic heterocycles. The van der Waals surface area contributed by atoms with Crippen molar-refractivity contribution in [1.29, 1.82) is 5.26 Å². The summed E-state index contributed by atoms with van der Waals surface area (Å²) in [4.78, 5) is 8.00. The van der Waals surface area contributed by atoms with Crippen LogP contribution in [0.2, 0.25) is 0 Å². The molecule has 0 spiro atoms. The van der Waals surface area contributed by atoms with Crippen molar-refractivity contribution < 1.29 is 20.4 Å². The summed E-state index contributed by atoms with van der Waals surface area (Å²) in [6, 6.07) is 17.5. The largest absolute Gasteiger partial charge is 0.491 e. The van der Waals surface area contributed by atoms with Crippen LogP contribution in [0.3, 0.4) is 0 Å². The predicted molar refractivity (Wildman–Crippen MR) is 146 cm³/mol. The molecule has 1 aliphatic heterocycles. The van der Waals surface area contributed by atoms with Crippen LogP contribution in [0, 0.1) is 11.3 Å². The molecule has 0 bridgehead atoms. The summed E-state index contributed by atoms with van der Waals surface area (Å²) in [7, 11) is 0. The minimum Gasteiger partial charge on any atom is -0.491 e. The van der Waals surface area contributed by atoms with Gasteiger partial charge < -0.3 is 28.9 Å². The normalized spacial score (nSPS) is 19.4. The van der Waals surface area contributed by atoms with Crippen LogP contribution in [-0.2, 0) is 14.3 Å². The lowest BCUT2D eigenvalue weighted by atomic mass is 9.92. The first-order chi connectivity index (χ1) is 18.3. The average molecular weight is 504 g/mol. The van der Waals surface area contributed by atoms with Gasteiger partial charge in [0, 0.05) is 31.2 Å². The van der Waals surface area contributed by atoms with Crippen molar-refractivity contribution in [2.75, 3.05) is 25.3 Å². The Morgan fingerprint density at radius 2 is 1.84 bits per heavy atom. The molecule has 2 aliphatic carbocycles. The summed E-state index contributed by atoms with van der Waals surface area (Å²) in [5.74, 6) is 0.841. The van der Waals surface area contributed by atoms with Gasteiger partial charge in [0.05, 0.1) is 29.0 Å². The number of benzene rings is 2. The van der Waals surface area contributed by atoms with E-state index in [-0.39, 0.29) is 7.53 Å². The molecular formula is C30H37N3O4. The van der Waals surface area contributed by atoms with E-state index in [1.165, 1.54) is 25.7 Å². The van der Waals surface area contributed by atoms with Gasteiger partial charge in [0.2, 0.25) is 0 Å². The molecule has 1 unspecified atom stereocenters. The molecule has 2 aromatic carbocycles. The molecule has 1 N–H and O–H groups in total. The maximum atomic E-state index is 10.2. The van der Waals surface area contributed by atoms with Crippen LogP contribution in [-0.4, -0.2) is 43.5 Å². The van der Waals surface area contributed by atoms with Gasteiger partial charge in [0.25, 0.3) is 0 Å². The number of carbonyl (C=O) groups is 1. The molecule has 7 nitrogen and oxygen atoms in total. The van der Waals surface area contributed by atoms with E-state index >= 15 is 0 Å². The second kappa shape index (κ2) is 11.8. The number of hydrogen-bond donors (Lipinski definition) is 1. The van der Waals surface area contributed by atoms with Gasteiger partial charge in [0.15, 0.2) is 0 Å². The van der Waals surface area contributed by atoms with Crippen LogP contribution in [0.15, 0.2) is 42.5 Å². The molecule has 196 valence electrons. The molecule has 2 saturated carbocycles. The molecule has 1 saturated heterocycles. The van der Waals surface area contributed by atoms with Gasteiger partial charge >= 0.3 is 0 Å². The monoisotopic (exact) mass is 503 g/mol. The highest BCUT2D eigenvalue weighted by Gasteiger charge is 2.28. The second-order valence-electron chi connectivity index (χ2n) is 10.0. The average Bonchev–Trinajstić information content (AvgIpc) is 3.51. The van der Waals surface area contributed by atoms with Gasteiger partial charge in [-0.3, -0.25) is 0 Å². The standard InChI is InChI=1S/C29H33N3O3.CH2O.H2/c30-17-27-26-14-13-24(34-18-25-8-3-15-33-25)16-28(26)32(22-4-1-5-22)29(27)20-9-11-21(12-10-20)31-19-35-23-6-2-7-23;1-2;/h9-14,16,22-23,25,31H,1-8,15,18-19H2;1H2;1H. The van der Waals surface area contributed by atoms with Crippen molar-refractivity contribution in [2.24, 2.45) is 0 Å². The van der Waals surface area contributed by atoms with Crippen LogP contribution in [0.25, 0.3) is 22.2 Å². The van der Waals surface area contributed by atoms with E-state index in [1.807, 2.05) is 18.9 Å². The Hall–Kier alpha value is -3.34. The third-order valence-corrected chi connectivity index (χ3v) is 7.79. The number of ether oxygens (including phenoxy) is 3. The van der Waals surface area contributed by atoms with E-state index in [0.29, 0.717) is 25.5 Å². The van der Waals surface area contributed by atoms with Crippen molar-refractivity contribution in [1.82, 2.24) is 4.57 Å². The number of anilines is 1. The van der Waals surface area contributed by atoms with E-state index in [1.54, 1.807) is 0 Å². The number of hydrogen-bond acceptors (Lipinski definition) is 6. The smallest absolute Gasteiger partial charge is 0.121 e. The fraction of sp³-hybridized carbons (Fsp3) is 0.467. The Morgan fingerprint density at radius 1 is 1.05 bits per heavy atom. The summed E-state index contributed by atoms with van der Waals surface area (Å²) < 4.78 is 20.0. The Bertz CT molecular complexity index is 1240. The Morgan fingerprint density at radius 3 is 2.46 bits per heavy atom. The topological polar surface area (TPSA) is 85.5 Å². The Labute approximate surface area is 219 Å². The SMILES string of the molecule is C=O.N#Cc1c(-c2ccc(NCOC3CCC3)cc2)n(C2CCC2)c2cc(OCC3CCCO3)ccc12.[HH]. The molecule has 37 heavy (non-hydrogen) atoms. The number of rotatable bonds is 9. The Kier molecular flexibility index (Phi) is 8.08. The van der Waals surface area contributed by atoms with Gasteiger partial charge in [-0.1, -0.05) is 12.1 Å². The van der Waals surface area contributed by atoms with E-state index < -0.39 is 0 Å². The second-order valence-corrected chi connectivity index (χ2v) is 10.0. The molecule has 0 radical (unpaired) electrons. The van der Waals surface area contributed by atoms with Crippen LogP contribution in [0.4, 0.5) is 5.69 Å². The van der Waals surface area contributed by atoms with Crippen LogP contribution < -0.4 is 10.1 Å². The minimum absolute atomic E-state index is 0. The van der Waals surface area contributed by atoms with Gasteiger partial charge in [-0.25, -0.2) is 0 Å². The molecule has 3 aliphatic rings. The third-order valence-electron chi connectivity index (χ3n) is 7.79. The lowest BCUT2D eigenvalue weighted by Crippen LogP contribution is -2.24. The van der Waals surface area contributed by atoms with Gasteiger partial charge in [-0.2, -0.15) is 5.26 Å². The number of nitriles is 1. The molecule has 2 heterocycles. The number of fused-ring (bicyclic) bond motifs is 1. The number of nitrogens with zero attached hydrogens (tertiary/aromatic N) is 2. The first-order valence-electron chi connectivity index (χ1n) is 13.4. The molecular weight excluding hydrogens is 466 g/mol. The van der Waals surface area contributed by atoms with Gasteiger partial charge in [-0.05, 0) is 81.2 Å². The molecule has 0 amide bonds. The van der Waals surface area contributed by atoms with Crippen molar-refractivity contribution >= 4 is 23.4 Å². The highest BCUT2D eigenvalue weighted by Crippen LogP contribution is 2.43. The van der Waals surface area contributed by atoms with Crippen LogP contribution in [0.1, 0.15) is 64.4 Å². The summed E-state index contributed by atoms with van der Waals surface area (Å²) >= 11 is 0. The summed E-state index contributed by atoms with van der Waals surface area (Å²) in [6.07, 6.45) is 9.88. The lowest BCUT2D eigenvalue weighted by Gasteiger charge is -2.30. The van der Waals surface area contributed by atoms with Crippen molar-refractivity contribution in [3.63, 3.8) is 0 Å². The zero-order valence-electron chi connectivity index (χ0n) is 21.3. The zero-order valence-corrected chi connectivity index (χ0v) is 21.3. The number of carbonyl (C=O) groups excluding carboxylic acids is 1. The van der Waals surface area contributed by atoms with Crippen molar-refractivity contribution in [3.05, 3.63) is 48.0 Å². The molecule has 3 fully saturated rings. The zero-order chi connectivity index (χ0) is 25.6. The highest BCUT2D eigenvalue weighted by atomic mass is 16.5. The Balaban J connectivity index is 0.00000110. The number of nitrogens with one attached hydrogen (secondary N) is 1.